The van der Waals surface area contributed by atoms with Gasteiger partial charge in [-0.2, -0.15) is 10.2 Å². The highest BCUT2D eigenvalue weighted by Crippen LogP contribution is 2.18. The van der Waals surface area contributed by atoms with Crippen molar-refractivity contribution in [2.45, 2.75) is 72.6 Å². The largest absolute Gasteiger partial charge is 0.320 e. The first-order valence-corrected chi connectivity index (χ1v) is 18.6. The molecule has 5 nitrogen and oxygen atoms in total. The summed E-state index contributed by atoms with van der Waals surface area (Å²) in [5.74, 6) is 0.0304. The van der Waals surface area contributed by atoms with E-state index >= 15 is 0 Å². The molecule has 0 amide bonds. The number of ketones is 1. The Morgan fingerprint density at radius 2 is 1.12 bits per heavy atom. The number of hydrazone groups is 2. The minimum atomic E-state index is -1.84. The SMILES string of the molecule is CCC(=O)C(=N\N(Cc1ccccc1)[Si](C)(C)C)/C(C)=N/N(Cc1ccccc1)[Si](C)(C)C. The van der Waals surface area contributed by atoms with Gasteiger partial charge in [0.25, 0.3) is 0 Å². The average molecular weight is 481 g/mol. The Labute approximate surface area is 202 Å². The Bertz CT molecular complexity index is 961. The first kappa shape index (κ1) is 26.7. The maximum atomic E-state index is 13.0. The molecule has 0 atom stereocenters. The van der Waals surface area contributed by atoms with E-state index in [-0.39, 0.29) is 5.78 Å². The van der Waals surface area contributed by atoms with Crippen molar-refractivity contribution in [2.24, 2.45) is 10.2 Å². The molecule has 2 rings (SSSR count). The van der Waals surface area contributed by atoms with Crippen LogP contribution in [0.15, 0.2) is 70.9 Å². The van der Waals surface area contributed by atoms with Crippen LogP contribution in [0.2, 0.25) is 39.3 Å². The summed E-state index contributed by atoms with van der Waals surface area (Å²) in [5.41, 5.74) is 3.57. The van der Waals surface area contributed by atoms with Gasteiger partial charge in [0, 0.05) is 6.42 Å². The van der Waals surface area contributed by atoms with Crippen molar-refractivity contribution >= 4 is 33.7 Å². The highest BCUT2D eigenvalue weighted by molar-refractivity contribution is 6.74. The quantitative estimate of drug-likeness (QED) is 0.213. The maximum absolute atomic E-state index is 13.0. The van der Waals surface area contributed by atoms with Crippen LogP contribution in [0.3, 0.4) is 0 Å². The van der Waals surface area contributed by atoms with Gasteiger partial charge in [-0.1, -0.05) is 107 Å². The molecular weight excluding hydrogens is 440 g/mol. The van der Waals surface area contributed by atoms with E-state index in [1.807, 2.05) is 38.1 Å². The molecule has 33 heavy (non-hydrogen) atoms. The summed E-state index contributed by atoms with van der Waals surface area (Å²) in [6, 6.07) is 20.7. The van der Waals surface area contributed by atoms with E-state index in [0.29, 0.717) is 24.4 Å². The first-order valence-electron chi connectivity index (χ1n) is 11.7. The van der Waals surface area contributed by atoms with Crippen LogP contribution >= 0.6 is 0 Å². The van der Waals surface area contributed by atoms with E-state index < -0.39 is 16.5 Å². The summed E-state index contributed by atoms with van der Waals surface area (Å²) < 4.78 is 4.33. The summed E-state index contributed by atoms with van der Waals surface area (Å²) in [4.78, 5) is 13.0. The molecule has 0 saturated heterocycles. The number of hydrogen-bond acceptors (Lipinski definition) is 5. The molecule has 178 valence electrons. The fourth-order valence-corrected chi connectivity index (χ4v) is 5.37. The molecule has 0 spiro atoms. The lowest BCUT2D eigenvalue weighted by molar-refractivity contribution is -0.112. The lowest BCUT2D eigenvalue weighted by Crippen LogP contribution is -2.45. The second kappa shape index (κ2) is 11.6. The van der Waals surface area contributed by atoms with E-state index in [2.05, 4.69) is 85.0 Å². The molecule has 0 unspecified atom stereocenters. The van der Waals surface area contributed by atoms with Crippen LogP contribution in [0.4, 0.5) is 0 Å². The van der Waals surface area contributed by atoms with E-state index in [0.717, 1.165) is 6.54 Å². The van der Waals surface area contributed by atoms with Crippen molar-refractivity contribution in [3.8, 4) is 0 Å². The van der Waals surface area contributed by atoms with Crippen LogP contribution in [-0.2, 0) is 17.9 Å². The monoisotopic (exact) mass is 480 g/mol. The molecule has 0 saturated carbocycles. The third kappa shape index (κ3) is 8.40. The predicted molar refractivity (Wildman–Crippen MR) is 147 cm³/mol. The first-order chi connectivity index (χ1) is 15.4. The van der Waals surface area contributed by atoms with Gasteiger partial charge in [0.05, 0.1) is 18.8 Å². The number of carbonyl (C=O) groups excluding carboxylic acids is 1. The average Bonchev–Trinajstić information content (AvgIpc) is 2.75. The van der Waals surface area contributed by atoms with Gasteiger partial charge < -0.3 is 9.35 Å². The zero-order valence-corrected chi connectivity index (χ0v) is 23.6. The molecule has 0 aliphatic heterocycles. The smallest absolute Gasteiger partial charge is 0.184 e. The van der Waals surface area contributed by atoms with Crippen molar-refractivity contribution < 1.29 is 4.79 Å². The van der Waals surface area contributed by atoms with Crippen LogP contribution in [0.25, 0.3) is 0 Å². The normalized spacial score (nSPS) is 13.1. The summed E-state index contributed by atoms with van der Waals surface area (Å²) in [6.07, 6.45) is 0.405. The van der Waals surface area contributed by atoms with Crippen molar-refractivity contribution in [1.29, 1.82) is 0 Å². The molecule has 2 aromatic rings. The number of benzene rings is 2. The second-order valence-corrected chi connectivity index (χ2v) is 20.1. The summed E-state index contributed by atoms with van der Waals surface area (Å²) in [6.45, 7) is 18.8. The molecule has 0 aliphatic carbocycles. The Morgan fingerprint density at radius 3 is 1.48 bits per heavy atom. The molecule has 0 radical (unpaired) electrons. The fraction of sp³-hybridized carbons (Fsp3) is 0.423. The summed E-state index contributed by atoms with van der Waals surface area (Å²) in [7, 11) is -3.63. The fourth-order valence-electron chi connectivity index (χ4n) is 3.20. The number of carbonyl (C=O) groups is 1. The van der Waals surface area contributed by atoms with Crippen molar-refractivity contribution in [1.82, 2.24) is 9.35 Å². The predicted octanol–water partition coefficient (Wildman–Crippen LogP) is 6.37. The van der Waals surface area contributed by atoms with E-state index in [9.17, 15) is 4.79 Å². The van der Waals surface area contributed by atoms with E-state index in [1.54, 1.807) is 0 Å². The van der Waals surface area contributed by atoms with Crippen LogP contribution in [0.1, 0.15) is 31.4 Å². The van der Waals surface area contributed by atoms with E-state index in [1.165, 1.54) is 11.1 Å². The van der Waals surface area contributed by atoms with Gasteiger partial charge >= 0.3 is 0 Å². The number of rotatable bonds is 11. The molecule has 0 bridgehead atoms. The highest BCUT2D eigenvalue weighted by atomic mass is 28.3. The van der Waals surface area contributed by atoms with Crippen LogP contribution < -0.4 is 0 Å². The molecule has 0 N–H and O–H groups in total. The topological polar surface area (TPSA) is 48.3 Å². The van der Waals surface area contributed by atoms with Gasteiger partial charge in [0.1, 0.15) is 5.71 Å². The molecule has 2 aromatic carbocycles. The third-order valence-electron chi connectivity index (χ3n) is 5.32. The van der Waals surface area contributed by atoms with Gasteiger partial charge in [-0.15, -0.1) is 0 Å². The van der Waals surface area contributed by atoms with Crippen molar-refractivity contribution in [3.63, 3.8) is 0 Å². The molecular formula is C26H40N4OSi2. The zero-order valence-electron chi connectivity index (χ0n) is 21.6. The third-order valence-corrected chi connectivity index (χ3v) is 8.93. The summed E-state index contributed by atoms with van der Waals surface area (Å²) in [5, 5.41) is 9.98. The molecule has 0 aliphatic rings. The lowest BCUT2D eigenvalue weighted by Gasteiger charge is -2.34. The number of Topliss-reactive ketones (excluding diaryl/α,β-unsaturated/α-hetero) is 1. The van der Waals surface area contributed by atoms with Crippen molar-refractivity contribution in [3.05, 3.63) is 71.8 Å². The van der Waals surface area contributed by atoms with E-state index in [4.69, 9.17) is 10.2 Å². The van der Waals surface area contributed by atoms with Crippen LogP contribution in [0.5, 0.6) is 0 Å². The van der Waals surface area contributed by atoms with Crippen molar-refractivity contribution in [2.75, 3.05) is 0 Å². The minimum absolute atomic E-state index is 0.0304. The van der Waals surface area contributed by atoms with Gasteiger partial charge in [0.15, 0.2) is 22.3 Å². The number of hydrogen-bond donors (Lipinski definition) is 0. The molecule has 7 heteroatoms. The summed E-state index contributed by atoms with van der Waals surface area (Å²) >= 11 is 0. The highest BCUT2D eigenvalue weighted by Gasteiger charge is 2.28. The Hall–Kier alpha value is -2.52. The zero-order chi connectivity index (χ0) is 24.6. The van der Waals surface area contributed by atoms with Gasteiger partial charge in [0.2, 0.25) is 0 Å². The van der Waals surface area contributed by atoms with Gasteiger partial charge in [-0.25, -0.2) is 0 Å². The lowest BCUT2D eigenvalue weighted by atomic mass is 10.1. The van der Waals surface area contributed by atoms with Gasteiger partial charge in [-0.3, -0.25) is 4.79 Å². The van der Waals surface area contributed by atoms with Crippen LogP contribution in [0, 0.1) is 0 Å². The second-order valence-electron chi connectivity index (χ2n) is 10.3. The Balaban J connectivity index is 2.47. The standard InChI is InChI=1S/C26H40N4OSi2/c1-9-25(31)26(28-30(33(6,7)8)21-24-18-14-11-15-19-24)22(2)27-29(32(3,4)5)20-23-16-12-10-13-17-23/h10-19H,9,20-21H2,1-8H3/b27-22+,28-26-. The maximum Gasteiger partial charge on any atom is 0.184 e. The molecule has 0 heterocycles. The van der Waals surface area contributed by atoms with Crippen LogP contribution in [-0.4, -0.2) is 43.0 Å². The minimum Gasteiger partial charge on any atom is -0.320 e. The molecule has 0 fully saturated rings. The van der Waals surface area contributed by atoms with Gasteiger partial charge in [-0.05, 0) is 18.1 Å². The number of nitrogens with zero attached hydrogens (tertiary/aromatic N) is 4. The Morgan fingerprint density at radius 1 is 0.727 bits per heavy atom. The Kier molecular flexibility index (Phi) is 9.37. The molecule has 0 aromatic heterocycles.